The topological polar surface area (TPSA) is 169 Å². The van der Waals surface area contributed by atoms with Gasteiger partial charge >= 0.3 is 5.97 Å². The number of pyridine rings is 1. The van der Waals surface area contributed by atoms with E-state index in [1.54, 1.807) is 68.6 Å². The molecule has 61 heavy (non-hydrogen) atoms. The van der Waals surface area contributed by atoms with E-state index in [0.717, 1.165) is 68.9 Å². The number of hydrogen-bond acceptors (Lipinski definition) is 14. The number of piperidine rings is 2. The van der Waals surface area contributed by atoms with Crippen LogP contribution in [0.3, 0.4) is 0 Å². The second-order valence-corrected chi connectivity index (χ2v) is 15.8. The number of imide groups is 2. The summed E-state index contributed by atoms with van der Waals surface area (Å²) in [6, 6.07) is 14.9. The van der Waals surface area contributed by atoms with Crippen LogP contribution in [0.5, 0.6) is 23.1 Å². The molecule has 2 aromatic carbocycles. The van der Waals surface area contributed by atoms with E-state index in [0.29, 0.717) is 60.7 Å². The summed E-state index contributed by atoms with van der Waals surface area (Å²) in [6.45, 7) is 13.0. The van der Waals surface area contributed by atoms with Gasteiger partial charge in [-0.2, -0.15) is 0 Å². The molecule has 0 aliphatic carbocycles. The van der Waals surface area contributed by atoms with Crippen LogP contribution in [0.2, 0.25) is 0 Å². The van der Waals surface area contributed by atoms with Crippen LogP contribution in [0.25, 0.3) is 0 Å². The highest BCUT2D eigenvalue weighted by Crippen LogP contribution is 2.31. The molecule has 3 fully saturated rings. The number of piperazine rings is 1. The summed E-state index contributed by atoms with van der Waals surface area (Å²) in [5.74, 6) is 0.573. The molecule has 0 radical (unpaired) electrons. The normalized spacial score (nSPS) is 19.4. The maximum absolute atomic E-state index is 13.3. The fourth-order valence-corrected chi connectivity index (χ4v) is 8.23. The molecule has 1 N–H and O–H groups in total. The molecule has 0 spiro atoms. The second kappa shape index (κ2) is 20.8. The number of ether oxygens (including phenoxy) is 5. The molecule has 0 bridgehead atoms. The molecule has 16 nitrogen and oxygen atoms in total. The van der Waals surface area contributed by atoms with E-state index in [1.807, 2.05) is 6.07 Å². The highest BCUT2D eigenvalue weighted by molar-refractivity contribution is 6.23. The Hall–Kier alpha value is -5.58. The minimum absolute atomic E-state index is 0.1000. The van der Waals surface area contributed by atoms with Crippen LogP contribution in [0.15, 0.2) is 60.8 Å². The average Bonchev–Trinajstić information content (AvgIpc) is 3.51. The van der Waals surface area contributed by atoms with Gasteiger partial charge in [-0.15, -0.1) is 0 Å². The summed E-state index contributed by atoms with van der Waals surface area (Å²) in [5, 5.41) is 2.24. The monoisotopic (exact) mass is 840 g/mol. The first-order valence-electron chi connectivity index (χ1n) is 21.5. The molecule has 5 heterocycles. The van der Waals surface area contributed by atoms with Crippen molar-refractivity contribution in [2.45, 2.75) is 64.5 Å². The number of carbonyl (C=O) groups excluding carboxylic acids is 5. The Morgan fingerprint density at radius 3 is 2.25 bits per heavy atom. The van der Waals surface area contributed by atoms with Crippen LogP contribution < -0.4 is 24.4 Å². The number of benzene rings is 2. The Balaban J connectivity index is 0.714. The molecular formula is C45H56N6O10. The first-order chi connectivity index (χ1) is 29.6. The average molecular weight is 841 g/mol. The summed E-state index contributed by atoms with van der Waals surface area (Å²) in [7, 11) is 0. The summed E-state index contributed by atoms with van der Waals surface area (Å²) >= 11 is 0. The van der Waals surface area contributed by atoms with E-state index in [-0.39, 0.29) is 18.7 Å². The van der Waals surface area contributed by atoms with Crippen LogP contribution in [0.1, 0.15) is 73.1 Å². The zero-order valence-corrected chi connectivity index (χ0v) is 35.1. The molecule has 3 aromatic rings. The maximum atomic E-state index is 13.3. The summed E-state index contributed by atoms with van der Waals surface area (Å²) < 4.78 is 28.1. The van der Waals surface area contributed by atoms with Gasteiger partial charge in [-0.05, 0) is 120 Å². The van der Waals surface area contributed by atoms with Gasteiger partial charge in [0.05, 0.1) is 37.1 Å². The van der Waals surface area contributed by atoms with Gasteiger partial charge in [0, 0.05) is 50.9 Å². The van der Waals surface area contributed by atoms with Crippen LogP contribution in [0.4, 0.5) is 5.69 Å². The van der Waals surface area contributed by atoms with Crippen molar-refractivity contribution in [1.82, 2.24) is 25.0 Å². The van der Waals surface area contributed by atoms with Crippen molar-refractivity contribution in [3.8, 4) is 23.1 Å². The van der Waals surface area contributed by atoms with Gasteiger partial charge in [-0.1, -0.05) is 0 Å². The number of carbonyl (C=O) groups is 5. The molecule has 0 saturated carbocycles. The zero-order chi connectivity index (χ0) is 42.7. The van der Waals surface area contributed by atoms with Crippen molar-refractivity contribution < 1.29 is 47.7 Å². The first-order valence-corrected chi connectivity index (χ1v) is 21.5. The Morgan fingerprint density at radius 2 is 1.52 bits per heavy atom. The summed E-state index contributed by atoms with van der Waals surface area (Å²) in [5.41, 5.74) is 1.53. The Morgan fingerprint density at radius 1 is 0.803 bits per heavy atom. The summed E-state index contributed by atoms with van der Waals surface area (Å²) in [6.07, 6.45) is 5.99. The number of hydrogen-bond donors (Lipinski definition) is 1. The third-order valence-electron chi connectivity index (χ3n) is 11.7. The Kier molecular flexibility index (Phi) is 14.8. The fourth-order valence-electron chi connectivity index (χ4n) is 8.23. The van der Waals surface area contributed by atoms with Crippen molar-refractivity contribution in [2.75, 3.05) is 83.7 Å². The van der Waals surface area contributed by atoms with E-state index in [4.69, 9.17) is 23.7 Å². The van der Waals surface area contributed by atoms with Crippen LogP contribution in [-0.4, -0.2) is 140 Å². The third-order valence-corrected chi connectivity index (χ3v) is 11.7. The molecule has 4 aliphatic heterocycles. The number of aromatic nitrogens is 1. The highest BCUT2D eigenvalue weighted by Gasteiger charge is 2.44. The summed E-state index contributed by atoms with van der Waals surface area (Å²) in [4.78, 5) is 74.7. The molecular weight excluding hydrogens is 785 g/mol. The van der Waals surface area contributed by atoms with Crippen molar-refractivity contribution in [2.24, 2.45) is 5.92 Å². The van der Waals surface area contributed by atoms with E-state index in [9.17, 15) is 24.0 Å². The molecule has 4 amide bonds. The third kappa shape index (κ3) is 11.4. The predicted molar refractivity (Wildman–Crippen MR) is 224 cm³/mol. The highest BCUT2D eigenvalue weighted by atomic mass is 16.6. The molecule has 1 unspecified atom stereocenters. The number of rotatable bonds is 19. The molecule has 16 heteroatoms. The fraction of sp³-hybridized carbons (Fsp3) is 0.511. The van der Waals surface area contributed by atoms with Crippen LogP contribution >= 0.6 is 0 Å². The Bertz CT molecular complexity index is 2000. The number of esters is 1. The number of amides is 4. The van der Waals surface area contributed by atoms with Crippen LogP contribution in [-0.2, 0) is 23.9 Å². The number of anilines is 1. The molecule has 326 valence electrons. The van der Waals surface area contributed by atoms with Gasteiger partial charge in [0.25, 0.3) is 11.8 Å². The molecule has 2 atom stereocenters. The lowest BCUT2D eigenvalue weighted by molar-refractivity contribution is -0.150. The van der Waals surface area contributed by atoms with Crippen molar-refractivity contribution in [3.63, 3.8) is 0 Å². The number of fused-ring (bicyclic) bond motifs is 1. The lowest BCUT2D eigenvalue weighted by Gasteiger charge is -2.37. The molecule has 4 aliphatic rings. The van der Waals surface area contributed by atoms with E-state index in [2.05, 4.69) is 25.0 Å². The second-order valence-electron chi connectivity index (χ2n) is 15.8. The minimum Gasteiger partial charge on any atom is -0.490 e. The van der Waals surface area contributed by atoms with Crippen molar-refractivity contribution >= 4 is 35.3 Å². The van der Waals surface area contributed by atoms with Gasteiger partial charge in [-0.25, -0.2) is 9.78 Å². The smallest absolute Gasteiger partial charge is 0.347 e. The largest absolute Gasteiger partial charge is 0.490 e. The number of likely N-dealkylation sites (tertiary alicyclic amines) is 1. The Labute approximate surface area is 356 Å². The van der Waals surface area contributed by atoms with Gasteiger partial charge in [0.2, 0.25) is 17.7 Å². The predicted octanol–water partition coefficient (Wildman–Crippen LogP) is 4.32. The quantitative estimate of drug-likeness (QED) is 0.103. The number of nitrogens with zero attached hydrogens (tertiary/aromatic N) is 5. The zero-order valence-electron chi connectivity index (χ0n) is 35.1. The van der Waals surface area contributed by atoms with Gasteiger partial charge in [-0.3, -0.25) is 34.3 Å². The SMILES string of the molecule is CCOC(=O)[C@@H](C)Oc1ccc(Oc2ccc(OCCOCCN3CCC(CCCN4CCN(c5ccc6c(c5)C(=O)N(C5CCC(=O)NC5=O)C6=O)CC4)CC3)cn2)cc1. The van der Waals surface area contributed by atoms with Crippen molar-refractivity contribution in [1.29, 1.82) is 0 Å². The van der Waals surface area contributed by atoms with Gasteiger partial charge < -0.3 is 33.5 Å². The van der Waals surface area contributed by atoms with Crippen molar-refractivity contribution in [3.05, 3.63) is 71.9 Å². The van der Waals surface area contributed by atoms with Gasteiger partial charge in [0.15, 0.2) is 6.10 Å². The molecule has 7 rings (SSSR count). The van der Waals surface area contributed by atoms with Crippen LogP contribution in [0, 0.1) is 5.92 Å². The van der Waals surface area contributed by atoms with E-state index < -0.39 is 35.8 Å². The molecule has 3 saturated heterocycles. The standard InChI is InChI=1S/C45H56N6O10/c1-3-58-45(56)31(2)60-34-7-9-35(10-8-34)61-41-15-11-36(30-46-41)59-28-27-57-26-25-49-19-16-32(17-20-49)5-4-18-48-21-23-50(24-22-48)33-6-12-37-38(29-33)44(55)51(43(37)54)39-13-14-40(52)47-42(39)53/h6-12,15,29-32,39H,3-5,13-14,16-28H2,1-2H3,(H,47,52,53)/t31-,39?/m1/s1. The van der Waals surface area contributed by atoms with E-state index in [1.165, 1.54) is 25.7 Å². The lowest BCUT2D eigenvalue weighted by Crippen LogP contribution is -2.54. The minimum atomic E-state index is -0.961. The number of nitrogens with one attached hydrogen (secondary N) is 1. The first kappa shape index (κ1) is 43.5. The van der Waals surface area contributed by atoms with Gasteiger partial charge in [0.1, 0.15) is 29.9 Å². The van der Waals surface area contributed by atoms with E-state index >= 15 is 0 Å². The maximum Gasteiger partial charge on any atom is 0.347 e. The molecule has 1 aromatic heterocycles. The lowest BCUT2D eigenvalue weighted by atomic mass is 9.92.